The Morgan fingerprint density at radius 3 is 2.69 bits per heavy atom. The fourth-order valence-electron chi connectivity index (χ4n) is 7.89. The van der Waals surface area contributed by atoms with Crippen LogP contribution in [0.1, 0.15) is 78.6 Å². The number of epoxide rings is 1. The number of esters is 1. The highest BCUT2D eigenvalue weighted by Crippen LogP contribution is 2.72. The van der Waals surface area contributed by atoms with Crippen LogP contribution in [0.2, 0.25) is 0 Å². The Balaban J connectivity index is 1.41. The first-order valence-corrected chi connectivity index (χ1v) is 10.8. The number of carbonyl (C=O) groups is 2. The summed E-state index contributed by atoms with van der Waals surface area (Å²) in [4.78, 5) is 24.1. The minimum Gasteiger partial charge on any atom is -0.462 e. The van der Waals surface area contributed by atoms with Crippen LogP contribution in [0.5, 0.6) is 0 Å². The third-order valence-electron chi connectivity index (χ3n) is 9.42. The normalized spacial score (nSPS) is 54.6. The van der Waals surface area contributed by atoms with E-state index in [0.29, 0.717) is 36.4 Å². The van der Waals surface area contributed by atoms with Crippen LogP contribution in [0.3, 0.4) is 0 Å². The van der Waals surface area contributed by atoms with Crippen LogP contribution >= 0.6 is 0 Å². The Morgan fingerprint density at radius 1 is 1.12 bits per heavy atom. The van der Waals surface area contributed by atoms with E-state index in [4.69, 9.17) is 9.47 Å². The summed E-state index contributed by atoms with van der Waals surface area (Å²) in [6.45, 7) is 6.68. The molecule has 0 bridgehead atoms. The van der Waals surface area contributed by atoms with Crippen LogP contribution in [0, 0.1) is 28.6 Å². The van der Waals surface area contributed by atoms with E-state index < -0.39 is 0 Å². The highest BCUT2D eigenvalue weighted by atomic mass is 16.6. The largest absolute Gasteiger partial charge is 0.462 e. The van der Waals surface area contributed by atoms with Gasteiger partial charge in [-0.2, -0.15) is 0 Å². The van der Waals surface area contributed by atoms with Gasteiger partial charge in [0.2, 0.25) is 0 Å². The fourth-order valence-corrected chi connectivity index (χ4v) is 7.89. The number of fused-ring (bicyclic) bond motifs is 4. The fraction of sp³-hybridized carbons (Fsp3) is 0.909. The van der Waals surface area contributed by atoms with E-state index in [0.717, 1.165) is 25.7 Å². The van der Waals surface area contributed by atoms with Gasteiger partial charge in [0.15, 0.2) is 5.78 Å². The Morgan fingerprint density at radius 2 is 1.92 bits per heavy atom. The lowest BCUT2D eigenvalue weighted by molar-refractivity contribution is -0.163. The van der Waals surface area contributed by atoms with Gasteiger partial charge in [0.25, 0.3) is 0 Å². The molecule has 1 spiro atoms. The maximum atomic E-state index is 12.2. The molecule has 0 amide bonds. The number of hydrogen-bond donors (Lipinski definition) is 0. The minimum atomic E-state index is -0.135. The smallest absolute Gasteiger partial charge is 0.305 e. The average Bonchev–Trinajstić information content (AvgIpc) is 3.29. The molecule has 0 aromatic heterocycles. The van der Waals surface area contributed by atoms with Crippen LogP contribution < -0.4 is 0 Å². The van der Waals surface area contributed by atoms with Crippen LogP contribution in [0.15, 0.2) is 0 Å². The quantitative estimate of drug-likeness (QED) is 0.551. The van der Waals surface area contributed by atoms with Crippen molar-refractivity contribution in [2.24, 2.45) is 28.6 Å². The van der Waals surface area contributed by atoms with Crippen molar-refractivity contribution in [3.05, 3.63) is 0 Å². The van der Waals surface area contributed by atoms with Gasteiger partial charge >= 0.3 is 5.97 Å². The van der Waals surface area contributed by atoms with Crippen molar-refractivity contribution in [1.82, 2.24) is 0 Å². The van der Waals surface area contributed by atoms with Gasteiger partial charge in [0.05, 0.1) is 0 Å². The summed E-state index contributed by atoms with van der Waals surface area (Å²) < 4.78 is 12.0. The Kier molecular flexibility index (Phi) is 3.53. The minimum absolute atomic E-state index is 0.0476. The van der Waals surface area contributed by atoms with Crippen LogP contribution in [0.25, 0.3) is 0 Å². The maximum absolute atomic E-state index is 12.2. The summed E-state index contributed by atoms with van der Waals surface area (Å²) >= 11 is 0. The molecule has 5 fully saturated rings. The van der Waals surface area contributed by atoms with E-state index in [1.54, 1.807) is 0 Å². The zero-order chi connectivity index (χ0) is 18.3. The number of ketones is 1. The molecule has 4 nitrogen and oxygen atoms in total. The molecule has 0 aromatic rings. The highest BCUT2D eigenvalue weighted by Gasteiger charge is 2.76. The third-order valence-corrected chi connectivity index (χ3v) is 9.42. The van der Waals surface area contributed by atoms with Gasteiger partial charge in [-0.25, -0.2) is 0 Å². The van der Waals surface area contributed by atoms with Gasteiger partial charge in [0.1, 0.15) is 17.8 Å². The molecule has 5 aliphatic rings. The molecule has 5 rings (SSSR count). The molecule has 4 heteroatoms. The van der Waals surface area contributed by atoms with Gasteiger partial charge in [-0.3, -0.25) is 9.59 Å². The van der Waals surface area contributed by atoms with Gasteiger partial charge in [-0.15, -0.1) is 0 Å². The molecule has 26 heavy (non-hydrogen) atoms. The molecule has 4 saturated carbocycles. The van der Waals surface area contributed by atoms with E-state index in [9.17, 15) is 9.59 Å². The number of hydrogen-bond acceptors (Lipinski definition) is 4. The first-order chi connectivity index (χ1) is 12.4. The van der Waals surface area contributed by atoms with Crippen molar-refractivity contribution < 1.29 is 19.1 Å². The van der Waals surface area contributed by atoms with Crippen LogP contribution in [0.4, 0.5) is 0 Å². The first-order valence-electron chi connectivity index (χ1n) is 10.8. The summed E-state index contributed by atoms with van der Waals surface area (Å²) in [5, 5.41) is 0. The van der Waals surface area contributed by atoms with Gasteiger partial charge in [-0.1, -0.05) is 20.8 Å². The van der Waals surface area contributed by atoms with Crippen molar-refractivity contribution in [2.45, 2.75) is 96.4 Å². The molecule has 1 heterocycles. The van der Waals surface area contributed by atoms with Gasteiger partial charge in [-0.05, 0) is 62.7 Å². The zero-order valence-electron chi connectivity index (χ0n) is 16.4. The molecular formula is C22H32O4. The first kappa shape index (κ1) is 17.2. The second kappa shape index (κ2) is 5.33. The van der Waals surface area contributed by atoms with Crippen molar-refractivity contribution >= 4 is 11.8 Å². The van der Waals surface area contributed by atoms with Gasteiger partial charge < -0.3 is 9.47 Å². The van der Waals surface area contributed by atoms with Gasteiger partial charge in [0, 0.05) is 23.7 Å². The number of ether oxygens (including phenoxy) is 2. The average molecular weight is 360 g/mol. The molecule has 0 N–H and O–H groups in total. The predicted octanol–water partition coefficient (Wildman–Crippen LogP) is 4.05. The summed E-state index contributed by atoms with van der Waals surface area (Å²) in [6, 6.07) is 0. The SMILES string of the molecule is CCC(=O)O[C@H]1CC[C@H]2[C@@H]3CC[C@]45O[C@H]4C(=O)CC[C@]5(C)[C@H]3CC[C@]12C. The van der Waals surface area contributed by atoms with Crippen molar-refractivity contribution in [3.63, 3.8) is 0 Å². The summed E-state index contributed by atoms with van der Waals surface area (Å²) in [7, 11) is 0. The Labute approximate surface area is 156 Å². The lowest BCUT2D eigenvalue weighted by Crippen LogP contribution is -2.58. The highest BCUT2D eigenvalue weighted by molar-refractivity contribution is 5.88. The zero-order valence-corrected chi connectivity index (χ0v) is 16.4. The molecule has 1 aliphatic heterocycles. The van der Waals surface area contributed by atoms with Crippen molar-refractivity contribution in [3.8, 4) is 0 Å². The Bertz CT molecular complexity index is 659. The van der Waals surface area contributed by atoms with Crippen molar-refractivity contribution in [1.29, 1.82) is 0 Å². The van der Waals surface area contributed by atoms with Crippen molar-refractivity contribution in [2.75, 3.05) is 0 Å². The van der Waals surface area contributed by atoms with E-state index in [1.165, 1.54) is 19.3 Å². The van der Waals surface area contributed by atoms with E-state index in [1.807, 2.05) is 6.92 Å². The standard InChI is InChI=1S/C22H32O4/c1-4-18(24)25-17-6-5-14-13-7-12-22-19(26-22)16(23)9-11-21(22,3)15(13)8-10-20(14,17)2/h13-15,17,19H,4-12H2,1-3H3/t13-,14-,15-,17-,19-,20-,21+,22-/m0/s1. The van der Waals surface area contributed by atoms with E-state index >= 15 is 0 Å². The van der Waals surface area contributed by atoms with E-state index in [2.05, 4.69) is 13.8 Å². The third kappa shape index (κ3) is 1.95. The lowest BCUT2D eigenvalue weighted by atomic mass is 9.45. The molecule has 4 aliphatic carbocycles. The second-order valence-corrected chi connectivity index (χ2v) is 10.1. The number of rotatable bonds is 2. The molecule has 1 saturated heterocycles. The summed E-state index contributed by atoms with van der Waals surface area (Å²) in [5.74, 6) is 2.31. The number of carbonyl (C=O) groups excluding carboxylic acids is 2. The summed E-state index contributed by atoms with van der Waals surface area (Å²) in [6.07, 6.45) is 8.95. The molecule has 0 aromatic carbocycles. The molecular weight excluding hydrogens is 328 g/mol. The molecule has 8 atom stereocenters. The molecule has 0 radical (unpaired) electrons. The number of Topliss-reactive ketones (excluding diaryl/α,β-unsaturated/α-hetero) is 1. The Hall–Kier alpha value is -0.900. The topological polar surface area (TPSA) is 55.9 Å². The summed E-state index contributed by atoms with van der Waals surface area (Å²) in [5.41, 5.74) is 0.166. The van der Waals surface area contributed by atoms with Crippen LogP contribution in [-0.4, -0.2) is 29.6 Å². The monoisotopic (exact) mass is 360 g/mol. The lowest BCUT2D eigenvalue weighted by Gasteiger charge is -2.59. The molecule has 0 unspecified atom stereocenters. The van der Waals surface area contributed by atoms with Crippen LogP contribution in [-0.2, 0) is 19.1 Å². The van der Waals surface area contributed by atoms with E-state index in [-0.39, 0.29) is 34.6 Å². The second-order valence-electron chi connectivity index (χ2n) is 10.1. The maximum Gasteiger partial charge on any atom is 0.305 e. The molecule has 144 valence electrons. The predicted molar refractivity (Wildman–Crippen MR) is 96.4 cm³/mol.